The summed E-state index contributed by atoms with van der Waals surface area (Å²) < 4.78 is 1.80. The molecule has 1 amide bonds. The van der Waals surface area contributed by atoms with Gasteiger partial charge in [-0.2, -0.15) is 5.10 Å². The molecule has 5 heteroatoms. The van der Waals surface area contributed by atoms with E-state index in [0.717, 1.165) is 17.7 Å². The Labute approximate surface area is 125 Å². The van der Waals surface area contributed by atoms with Gasteiger partial charge in [0, 0.05) is 12.4 Å². The monoisotopic (exact) mass is 286 g/mol. The predicted octanol–water partition coefficient (Wildman–Crippen LogP) is 2.18. The molecule has 1 aromatic heterocycles. The van der Waals surface area contributed by atoms with E-state index in [1.807, 2.05) is 50.4 Å². The zero-order valence-corrected chi connectivity index (χ0v) is 12.5. The van der Waals surface area contributed by atoms with E-state index in [1.54, 1.807) is 10.9 Å². The molecule has 2 unspecified atom stereocenters. The van der Waals surface area contributed by atoms with Crippen molar-refractivity contribution < 1.29 is 4.79 Å². The Morgan fingerprint density at radius 1 is 1.38 bits per heavy atom. The molecule has 112 valence electrons. The lowest BCUT2D eigenvalue weighted by molar-refractivity contribution is -0.123. The van der Waals surface area contributed by atoms with Crippen LogP contribution < -0.4 is 11.1 Å². The zero-order valence-electron chi connectivity index (χ0n) is 12.5. The van der Waals surface area contributed by atoms with Gasteiger partial charge >= 0.3 is 0 Å². The van der Waals surface area contributed by atoms with Crippen molar-refractivity contribution in [2.24, 2.45) is 5.73 Å². The first-order valence-electron chi connectivity index (χ1n) is 7.28. The van der Waals surface area contributed by atoms with Gasteiger partial charge in [0.2, 0.25) is 5.91 Å². The number of nitrogens with one attached hydrogen (secondary N) is 1. The SMILES string of the molecule is CCCC(N)C(=O)NC(C)c1ccccc1-n1cccn1. The Hall–Kier alpha value is -2.14. The standard InChI is InChI=1S/C16H22N4O/c1-3-7-14(17)16(21)19-12(2)13-8-4-5-9-15(13)20-11-6-10-18-20/h4-6,8-12,14H,3,7,17H2,1-2H3,(H,19,21). The molecule has 0 aliphatic heterocycles. The molecule has 21 heavy (non-hydrogen) atoms. The summed E-state index contributed by atoms with van der Waals surface area (Å²) in [6, 6.07) is 9.19. The van der Waals surface area contributed by atoms with E-state index in [-0.39, 0.29) is 11.9 Å². The molecule has 0 spiro atoms. The zero-order chi connectivity index (χ0) is 15.2. The lowest BCUT2D eigenvalue weighted by Gasteiger charge is -2.20. The third-order valence-corrected chi connectivity index (χ3v) is 3.45. The van der Waals surface area contributed by atoms with Crippen molar-refractivity contribution in [2.45, 2.75) is 38.8 Å². The smallest absolute Gasteiger partial charge is 0.237 e. The van der Waals surface area contributed by atoms with E-state index < -0.39 is 6.04 Å². The number of carbonyl (C=O) groups is 1. The summed E-state index contributed by atoms with van der Waals surface area (Å²) >= 11 is 0. The molecule has 2 atom stereocenters. The lowest BCUT2D eigenvalue weighted by atomic mass is 10.0. The second-order valence-electron chi connectivity index (χ2n) is 5.13. The van der Waals surface area contributed by atoms with Gasteiger partial charge in [0.05, 0.1) is 17.8 Å². The molecule has 0 aliphatic rings. The van der Waals surface area contributed by atoms with Crippen LogP contribution in [0.2, 0.25) is 0 Å². The maximum Gasteiger partial charge on any atom is 0.237 e. The summed E-state index contributed by atoms with van der Waals surface area (Å²) in [5, 5.41) is 7.23. The van der Waals surface area contributed by atoms with Crippen LogP contribution in [-0.2, 0) is 4.79 Å². The lowest BCUT2D eigenvalue weighted by Crippen LogP contribution is -2.41. The van der Waals surface area contributed by atoms with Crippen molar-refractivity contribution in [3.8, 4) is 5.69 Å². The highest BCUT2D eigenvalue weighted by Gasteiger charge is 2.18. The number of hydrogen-bond acceptors (Lipinski definition) is 3. The average Bonchev–Trinajstić information content (AvgIpc) is 3.01. The number of benzene rings is 1. The summed E-state index contributed by atoms with van der Waals surface area (Å²) in [5.74, 6) is -0.111. The highest BCUT2D eigenvalue weighted by molar-refractivity contribution is 5.81. The highest BCUT2D eigenvalue weighted by atomic mass is 16.2. The van der Waals surface area contributed by atoms with Crippen molar-refractivity contribution >= 4 is 5.91 Å². The van der Waals surface area contributed by atoms with Crippen LogP contribution in [0.3, 0.4) is 0 Å². The van der Waals surface area contributed by atoms with Crippen molar-refractivity contribution in [1.29, 1.82) is 0 Å². The van der Waals surface area contributed by atoms with Crippen LogP contribution in [0.4, 0.5) is 0 Å². The molecule has 0 radical (unpaired) electrons. The minimum atomic E-state index is -0.450. The fourth-order valence-electron chi connectivity index (χ4n) is 2.31. The Morgan fingerprint density at radius 2 is 2.14 bits per heavy atom. The van der Waals surface area contributed by atoms with Crippen LogP contribution in [-0.4, -0.2) is 21.7 Å². The molecule has 0 aliphatic carbocycles. The van der Waals surface area contributed by atoms with Crippen LogP contribution in [0.5, 0.6) is 0 Å². The van der Waals surface area contributed by atoms with Crippen LogP contribution in [0.1, 0.15) is 38.3 Å². The van der Waals surface area contributed by atoms with E-state index in [2.05, 4.69) is 10.4 Å². The Kier molecular flexibility index (Phi) is 5.11. The van der Waals surface area contributed by atoms with Crippen LogP contribution in [0.15, 0.2) is 42.7 Å². The second kappa shape index (κ2) is 7.04. The van der Waals surface area contributed by atoms with Gasteiger partial charge in [0.1, 0.15) is 0 Å². The summed E-state index contributed by atoms with van der Waals surface area (Å²) in [6.45, 7) is 3.97. The van der Waals surface area contributed by atoms with Gasteiger partial charge in [-0.3, -0.25) is 4.79 Å². The van der Waals surface area contributed by atoms with Gasteiger partial charge in [-0.15, -0.1) is 0 Å². The number of nitrogens with two attached hydrogens (primary N) is 1. The number of aromatic nitrogens is 2. The van der Waals surface area contributed by atoms with E-state index in [4.69, 9.17) is 5.73 Å². The normalized spacial score (nSPS) is 13.7. The minimum absolute atomic E-state index is 0.111. The second-order valence-corrected chi connectivity index (χ2v) is 5.13. The van der Waals surface area contributed by atoms with Gasteiger partial charge in [-0.1, -0.05) is 31.5 Å². The van der Waals surface area contributed by atoms with Gasteiger partial charge in [0.15, 0.2) is 0 Å². The molecule has 1 aromatic carbocycles. The number of carbonyl (C=O) groups excluding carboxylic acids is 1. The molecule has 2 aromatic rings. The van der Waals surface area contributed by atoms with Crippen molar-refractivity contribution in [1.82, 2.24) is 15.1 Å². The van der Waals surface area contributed by atoms with E-state index in [1.165, 1.54) is 0 Å². The molecule has 5 nitrogen and oxygen atoms in total. The molecular weight excluding hydrogens is 264 g/mol. The van der Waals surface area contributed by atoms with Gasteiger partial charge < -0.3 is 11.1 Å². The first-order chi connectivity index (χ1) is 10.1. The molecule has 0 fully saturated rings. The number of para-hydroxylation sites is 1. The maximum atomic E-state index is 12.1. The average molecular weight is 286 g/mol. The van der Waals surface area contributed by atoms with Crippen molar-refractivity contribution in [3.63, 3.8) is 0 Å². The Bertz CT molecular complexity index is 580. The van der Waals surface area contributed by atoms with Crippen molar-refractivity contribution in [3.05, 3.63) is 48.3 Å². The van der Waals surface area contributed by atoms with E-state index >= 15 is 0 Å². The minimum Gasteiger partial charge on any atom is -0.348 e. The molecule has 0 saturated carbocycles. The van der Waals surface area contributed by atoms with Crippen LogP contribution in [0.25, 0.3) is 5.69 Å². The van der Waals surface area contributed by atoms with Gasteiger partial charge in [-0.25, -0.2) is 4.68 Å². The highest BCUT2D eigenvalue weighted by Crippen LogP contribution is 2.21. The summed E-state index contributed by atoms with van der Waals surface area (Å²) in [5.41, 5.74) is 7.83. The molecule has 0 bridgehead atoms. The summed E-state index contributed by atoms with van der Waals surface area (Å²) in [4.78, 5) is 12.1. The van der Waals surface area contributed by atoms with E-state index in [0.29, 0.717) is 6.42 Å². The predicted molar refractivity (Wildman–Crippen MR) is 83.0 cm³/mol. The summed E-state index contributed by atoms with van der Waals surface area (Å²) in [7, 11) is 0. The molecular formula is C16H22N4O. The fraction of sp³-hybridized carbons (Fsp3) is 0.375. The topological polar surface area (TPSA) is 72.9 Å². The summed E-state index contributed by atoms with van der Waals surface area (Å²) in [6.07, 6.45) is 5.21. The number of rotatable bonds is 6. The third kappa shape index (κ3) is 3.70. The molecule has 3 N–H and O–H groups in total. The van der Waals surface area contributed by atoms with Gasteiger partial charge in [0.25, 0.3) is 0 Å². The third-order valence-electron chi connectivity index (χ3n) is 3.45. The molecule has 2 rings (SSSR count). The first kappa shape index (κ1) is 15.3. The fourth-order valence-corrected chi connectivity index (χ4v) is 2.31. The number of amides is 1. The number of nitrogens with zero attached hydrogens (tertiary/aromatic N) is 2. The van der Waals surface area contributed by atoms with Crippen molar-refractivity contribution in [2.75, 3.05) is 0 Å². The largest absolute Gasteiger partial charge is 0.348 e. The Morgan fingerprint density at radius 3 is 2.81 bits per heavy atom. The van der Waals surface area contributed by atoms with E-state index in [9.17, 15) is 4.79 Å². The quantitative estimate of drug-likeness (QED) is 0.855. The first-order valence-corrected chi connectivity index (χ1v) is 7.28. The molecule has 0 saturated heterocycles. The number of hydrogen-bond donors (Lipinski definition) is 2. The Balaban J connectivity index is 2.16. The van der Waals surface area contributed by atoms with Crippen LogP contribution in [0, 0.1) is 0 Å². The maximum absolute atomic E-state index is 12.1. The van der Waals surface area contributed by atoms with Crippen LogP contribution >= 0.6 is 0 Å². The molecule has 1 heterocycles. The van der Waals surface area contributed by atoms with Gasteiger partial charge in [-0.05, 0) is 31.0 Å².